The summed E-state index contributed by atoms with van der Waals surface area (Å²) in [5, 5.41) is 7.20. The maximum Gasteiger partial charge on any atom is 0.319 e. The molecule has 1 aromatic rings. The number of unbranched alkanes of at least 4 members (excludes halogenated alkanes) is 4. The van der Waals surface area contributed by atoms with Gasteiger partial charge >= 0.3 is 6.03 Å². The fourth-order valence-electron chi connectivity index (χ4n) is 3.69. The second kappa shape index (κ2) is 14.9. The van der Waals surface area contributed by atoms with Crippen molar-refractivity contribution >= 4 is 27.6 Å². The Bertz CT molecular complexity index is 547. The van der Waals surface area contributed by atoms with Gasteiger partial charge < -0.3 is 15.4 Å². The Morgan fingerprint density at radius 1 is 1.00 bits per heavy atom. The van der Waals surface area contributed by atoms with Crippen molar-refractivity contribution in [3.05, 3.63) is 29.8 Å². The first-order valence-corrected chi connectivity index (χ1v) is 12.2. The average Bonchev–Trinajstić information content (AvgIpc) is 2.70. The van der Waals surface area contributed by atoms with Gasteiger partial charge in [0.05, 0.1) is 0 Å². The van der Waals surface area contributed by atoms with Crippen molar-refractivity contribution in [1.29, 1.82) is 0 Å². The maximum absolute atomic E-state index is 12.2. The molecule has 2 N–H and O–H groups in total. The zero-order chi connectivity index (χ0) is 19.9. The fraction of sp³-hybridized carbons (Fsp3) is 0.696. The van der Waals surface area contributed by atoms with Crippen molar-refractivity contribution in [3.63, 3.8) is 0 Å². The van der Waals surface area contributed by atoms with Crippen LogP contribution in [0.2, 0.25) is 0 Å². The third-order valence-corrected chi connectivity index (χ3v) is 5.86. The molecule has 2 amide bonds. The van der Waals surface area contributed by atoms with E-state index in [-0.39, 0.29) is 6.03 Å². The molecular weight excluding hydrogens is 416 g/mol. The molecule has 158 valence electrons. The highest BCUT2D eigenvalue weighted by Gasteiger charge is 2.15. The highest BCUT2D eigenvalue weighted by atomic mass is 79.9. The van der Waals surface area contributed by atoms with E-state index in [0.717, 1.165) is 56.3 Å². The predicted octanol–water partition coefficient (Wildman–Crippen LogP) is 6.44. The first-order chi connectivity index (χ1) is 13.8. The van der Waals surface area contributed by atoms with Gasteiger partial charge in [-0.2, -0.15) is 0 Å². The molecule has 0 bridgehead atoms. The number of alkyl halides is 1. The van der Waals surface area contributed by atoms with Crippen LogP contribution in [0.4, 0.5) is 10.5 Å². The molecule has 1 aromatic carbocycles. The minimum Gasteiger partial charge on any atom is -0.381 e. The van der Waals surface area contributed by atoms with E-state index >= 15 is 0 Å². The molecule has 0 saturated heterocycles. The van der Waals surface area contributed by atoms with Gasteiger partial charge in [-0.15, -0.1) is 0 Å². The largest absolute Gasteiger partial charge is 0.381 e. The molecule has 0 aromatic heterocycles. The lowest BCUT2D eigenvalue weighted by Crippen LogP contribution is -2.39. The van der Waals surface area contributed by atoms with E-state index < -0.39 is 0 Å². The maximum atomic E-state index is 12.2. The molecule has 28 heavy (non-hydrogen) atoms. The van der Waals surface area contributed by atoms with Gasteiger partial charge in [-0.25, -0.2) is 4.79 Å². The molecule has 0 radical (unpaired) electrons. The minimum absolute atomic E-state index is 0.0754. The van der Waals surface area contributed by atoms with Crippen LogP contribution in [-0.2, 0) is 11.2 Å². The van der Waals surface area contributed by atoms with E-state index in [4.69, 9.17) is 4.74 Å². The van der Waals surface area contributed by atoms with Crippen LogP contribution >= 0.6 is 15.9 Å². The van der Waals surface area contributed by atoms with Crippen molar-refractivity contribution in [2.75, 3.05) is 23.9 Å². The van der Waals surface area contributed by atoms with Crippen LogP contribution in [-0.4, -0.2) is 30.6 Å². The van der Waals surface area contributed by atoms with Gasteiger partial charge in [0.25, 0.3) is 0 Å². The van der Waals surface area contributed by atoms with Crippen LogP contribution < -0.4 is 10.6 Å². The van der Waals surface area contributed by atoms with Crippen LogP contribution in [0.3, 0.4) is 0 Å². The van der Waals surface area contributed by atoms with Crippen molar-refractivity contribution in [3.8, 4) is 0 Å². The SMILES string of the molecule is O=C(Nc1cccc(CCCCOCCCCCCBr)c1)NC1CCCCC1. The van der Waals surface area contributed by atoms with Gasteiger partial charge in [0.2, 0.25) is 0 Å². The number of carbonyl (C=O) groups is 1. The number of halogens is 1. The monoisotopic (exact) mass is 452 g/mol. The zero-order valence-electron chi connectivity index (χ0n) is 17.2. The number of rotatable bonds is 13. The van der Waals surface area contributed by atoms with E-state index in [9.17, 15) is 4.79 Å². The second-order valence-corrected chi connectivity index (χ2v) is 8.60. The normalized spacial score (nSPS) is 14.8. The molecule has 1 aliphatic rings. The summed E-state index contributed by atoms with van der Waals surface area (Å²) in [6.07, 6.45) is 14.2. The quantitative estimate of drug-likeness (QED) is 0.267. The summed E-state index contributed by atoms with van der Waals surface area (Å²) in [6, 6.07) is 8.47. The number of urea groups is 1. The summed E-state index contributed by atoms with van der Waals surface area (Å²) >= 11 is 3.46. The second-order valence-electron chi connectivity index (χ2n) is 7.81. The van der Waals surface area contributed by atoms with Gasteiger partial charge in [0, 0.05) is 30.3 Å². The minimum atomic E-state index is -0.0754. The van der Waals surface area contributed by atoms with Crippen LogP contribution in [0.5, 0.6) is 0 Å². The molecule has 1 aliphatic carbocycles. The molecule has 1 fully saturated rings. The molecule has 4 nitrogen and oxygen atoms in total. The number of benzene rings is 1. The summed E-state index contributed by atoms with van der Waals surface area (Å²) in [5.41, 5.74) is 2.15. The lowest BCUT2D eigenvalue weighted by atomic mass is 9.96. The Hall–Kier alpha value is -1.07. The molecule has 0 spiro atoms. The number of aryl methyl sites for hydroxylation is 1. The lowest BCUT2D eigenvalue weighted by molar-refractivity contribution is 0.126. The van der Waals surface area contributed by atoms with E-state index in [1.54, 1.807) is 0 Å². The van der Waals surface area contributed by atoms with E-state index in [1.165, 1.54) is 50.5 Å². The molecular formula is C23H37BrN2O2. The van der Waals surface area contributed by atoms with Crippen molar-refractivity contribution in [1.82, 2.24) is 5.32 Å². The van der Waals surface area contributed by atoms with Crippen LogP contribution in [0, 0.1) is 0 Å². The number of hydrogen-bond acceptors (Lipinski definition) is 2. The number of amides is 2. The summed E-state index contributed by atoms with van der Waals surface area (Å²) in [4.78, 5) is 12.2. The Labute approximate surface area is 179 Å². The Morgan fingerprint density at radius 2 is 1.75 bits per heavy atom. The number of ether oxygens (including phenoxy) is 1. The van der Waals surface area contributed by atoms with Crippen LogP contribution in [0.1, 0.15) is 76.2 Å². The molecule has 1 saturated carbocycles. The van der Waals surface area contributed by atoms with Gasteiger partial charge in [-0.3, -0.25) is 0 Å². The van der Waals surface area contributed by atoms with Crippen LogP contribution in [0.25, 0.3) is 0 Å². The summed E-state index contributed by atoms with van der Waals surface area (Å²) in [7, 11) is 0. The summed E-state index contributed by atoms with van der Waals surface area (Å²) < 4.78 is 5.72. The van der Waals surface area contributed by atoms with Crippen molar-refractivity contribution in [2.45, 2.75) is 83.1 Å². The van der Waals surface area contributed by atoms with Gasteiger partial charge in [0.1, 0.15) is 0 Å². The third kappa shape index (κ3) is 10.5. The Balaban J connectivity index is 1.56. The fourth-order valence-corrected chi connectivity index (χ4v) is 4.09. The average molecular weight is 453 g/mol. The number of anilines is 1. The molecule has 0 heterocycles. The first kappa shape index (κ1) is 23.2. The summed E-state index contributed by atoms with van der Waals surface area (Å²) in [6.45, 7) is 1.73. The van der Waals surface area contributed by atoms with Gasteiger partial charge in [-0.05, 0) is 62.6 Å². The zero-order valence-corrected chi connectivity index (χ0v) is 18.8. The van der Waals surface area contributed by atoms with Gasteiger partial charge in [0.15, 0.2) is 0 Å². The topological polar surface area (TPSA) is 50.4 Å². The van der Waals surface area contributed by atoms with Crippen molar-refractivity contribution < 1.29 is 9.53 Å². The van der Waals surface area contributed by atoms with Crippen LogP contribution in [0.15, 0.2) is 24.3 Å². The Morgan fingerprint density at radius 3 is 2.54 bits per heavy atom. The predicted molar refractivity (Wildman–Crippen MR) is 121 cm³/mol. The van der Waals surface area contributed by atoms with E-state index in [0.29, 0.717) is 6.04 Å². The van der Waals surface area contributed by atoms with E-state index in [1.807, 2.05) is 12.1 Å². The number of nitrogens with one attached hydrogen (secondary N) is 2. The first-order valence-electron chi connectivity index (χ1n) is 11.1. The Kier molecular flexibility index (Phi) is 12.3. The highest BCUT2D eigenvalue weighted by molar-refractivity contribution is 9.09. The van der Waals surface area contributed by atoms with Gasteiger partial charge in [-0.1, -0.05) is 60.2 Å². The molecule has 0 atom stereocenters. The molecule has 5 heteroatoms. The standard InChI is InChI=1S/C23H37BrN2O2/c24-16-7-1-2-8-17-28-18-9-6-11-20-12-10-15-22(19-20)26-23(27)25-21-13-4-3-5-14-21/h10,12,15,19,21H,1-9,11,13-14,16-18H2,(H2,25,26,27). The lowest BCUT2D eigenvalue weighted by Gasteiger charge is -2.22. The van der Waals surface area contributed by atoms with Crippen molar-refractivity contribution in [2.24, 2.45) is 0 Å². The molecule has 2 rings (SSSR count). The smallest absolute Gasteiger partial charge is 0.319 e. The summed E-state index contributed by atoms with van der Waals surface area (Å²) in [5.74, 6) is 0. The number of carbonyl (C=O) groups excluding carboxylic acids is 1. The number of hydrogen-bond donors (Lipinski definition) is 2. The third-order valence-electron chi connectivity index (χ3n) is 5.30. The molecule has 0 aliphatic heterocycles. The molecule has 0 unspecified atom stereocenters. The highest BCUT2D eigenvalue weighted by Crippen LogP contribution is 2.18. The van der Waals surface area contributed by atoms with E-state index in [2.05, 4.69) is 38.7 Å².